The van der Waals surface area contributed by atoms with Gasteiger partial charge in [0.15, 0.2) is 6.10 Å². The van der Waals surface area contributed by atoms with E-state index >= 15 is 0 Å². The van der Waals surface area contributed by atoms with Crippen molar-refractivity contribution in [3.8, 4) is 0 Å². The summed E-state index contributed by atoms with van der Waals surface area (Å²) in [4.78, 5) is 36.0. The Balaban J connectivity index is 3.95. The molecule has 0 aromatic rings. The summed E-state index contributed by atoms with van der Waals surface area (Å²) in [6.45, 7) is 4.38. The number of hydrogen-bond acceptors (Lipinski definition) is 7. The molecule has 0 spiro atoms. The molecule has 0 aromatic carbocycles. The molecule has 0 aromatic heterocycles. The molecule has 0 amide bonds. The molecule has 94 heavy (non-hydrogen) atoms. The third kappa shape index (κ3) is 78.2. The van der Waals surface area contributed by atoms with Gasteiger partial charge in [0.05, 0.1) is 27.7 Å². The van der Waals surface area contributed by atoms with Crippen molar-refractivity contribution in [2.45, 2.75) is 392 Å². The van der Waals surface area contributed by atoms with Gasteiger partial charge in [-0.3, -0.25) is 18.6 Å². The molecule has 0 saturated carbocycles. The summed E-state index contributed by atoms with van der Waals surface area (Å²) in [5.41, 5.74) is 0. The minimum absolute atomic E-state index is 0.0310. The van der Waals surface area contributed by atoms with E-state index in [4.69, 9.17) is 18.5 Å². The molecule has 0 aliphatic heterocycles. The lowest BCUT2D eigenvalue weighted by Crippen LogP contribution is -2.37. The zero-order chi connectivity index (χ0) is 68.3. The third-order valence-electron chi connectivity index (χ3n) is 17.9. The second kappa shape index (κ2) is 74.4. The molecule has 0 bridgehead atoms. The normalized spacial score (nSPS) is 13.5. The van der Waals surface area contributed by atoms with Crippen LogP contribution in [0.5, 0.6) is 0 Å². The van der Waals surface area contributed by atoms with Crippen LogP contribution in [0.3, 0.4) is 0 Å². The van der Waals surface area contributed by atoms with Gasteiger partial charge in [0.2, 0.25) is 0 Å². The molecular formula is C84H155NO8P+. The van der Waals surface area contributed by atoms with E-state index in [9.17, 15) is 19.0 Å². The van der Waals surface area contributed by atoms with Gasteiger partial charge in [-0.1, -0.05) is 388 Å². The Morgan fingerprint density at radius 2 is 0.606 bits per heavy atom. The van der Waals surface area contributed by atoms with E-state index in [0.29, 0.717) is 23.9 Å². The lowest BCUT2D eigenvalue weighted by atomic mass is 10.0. The van der Waals surface area contributed by atoms with Gasteiger partial charge in [-0.05, 0) is 70.6 Å². The van der Waals surface area contributed by atoms with Crippen LogP contribution in [0.25, 0.3) is 0 Å². The molecule has 10 heteroatoms. The monoisotopic (exact) mass is 1340 g/mol. The quantitative estimate of drug-likeness (QED) is 0.0211. The maximum absolute atomic E-state index is 12.9. The predicted molar refractivity (Wildman–Crippen MR) is 409 cm³/mol. The van der Waals surface area contributed by atoms with Gasteiger partial charge in [0.1, 0.15) is 19.8 Å². The van der Waals surface area contributed by atoms with Crippen LogP contribution in [0.2, 0.25) is 0 Å². The van der Waals surface area contributed by atoms with Crippen LogP contribution in [0.4, 0.5) is 0 Å². The fourth-order valence-electron chi connectivity index (χ4n) is 11.8. The number of quaternary nitrogens is 1. The fraction of sp³-hybridized carbons (Fsp3) is 0.810. The van der Waals surface area contributed by atoms with Crippen molar-refractivity contribution in [2.24, 2.45) is 0 Å². The van der Waals surface area contributed by atoms with Crippen molar-refractivity contribution in [3.05, 3.63) is 85.1 Å². The zero-order valence-electron chi connectivity index (χ0n) is 62.7. The number of esters is 2. The second-order valence-corrected chi connectivity index (χ2v) is 29.9. The van der Waals surface area contributed by atoms with Crippen LogP contribution in [-0.4, -0.2) is 74.9 Å². The average Bonchev–Trinajstić information content (AvgIpc) is 1.68. The Hall–Kier alpha value is -2.81. The molecule has 9 nitrogen and oxygen atoms in total. The minimum atomic E-state index is -4.40. The van der Waals surface area contributed by atoms with Crippen molar-refractivity contribution in [1.82, 2.24) is 0 Å². The minimum Gasteiger partial charge on any atom is -0.462 e. The first-order valence-corrected chi connectivity index (χ1v) is 41.8. The Labute approximate surface area is 583 Å². The number of likely N-dealkylation sites (N-methyl/N-ethyl adjacent to an activating group) is 1. The molecule has 0 radical (unpaired) electrons. The van der Waals surface area contributed by atoms with Crippen molar-refractivity contribution in [3.63, 3.8) is 0 Å². The Kier molecular flexibility index (Phi) is 72.2. The molecule has 0 aliphatic rings. The van der Waals surface area contributed by atoms with Gasteiger partial charge in [-0.15, -0.1) is 0 Å². The van der Waals surface area contributed by atoms with Crippen LogP contribution < -0.4 is 0 Å². The number of allylic oxidation sites excluding steroid dienone is 14. The van der Waals surface area contributed by atoms with E-state index in [1.165, 1.54) is 270 Å². The average molecular weight is 1340 g/mol. The molecule has 2 atom stereocenters. The second-order valence-electron chi connectivity index (χ2n) is 28.4. The lowest BCUT2D eigenvalue weighted by molar-refractivity contribution is -0.870. The maximum atomic E-state index is 12.9. The number of carbonyl (C=O) groups is 2. The summed E-state index contributed by atoms with van der Waals surface area (Å²) in [6, 6.07) is 0. The van der Waals surface area contributed by atoms with Crippen LogP contribution >= 0.6 is 7.82 Å². The number of unbranched alkanes of at least 4 members (excludes halogenated alkanes) is 47. The van der Waals surface area contributed by atoms with Gasteiger partial charge < -0.3 is 18.9 Å². The summed E-state index contributed by atoms with van der Waals surface area (Å²) in [6.07, 6.45) is 103. The van der Waals surface area contributed by atoms with Crippen molar-refractivity contribution in [1.29, 1.82) is 0 Å². The summed E-state index contributed by atoms with van der Waals surface area (Å²) in [5, 5.41) is 0. The van der Waals surface area contributed by atoms with Crippen molar-refractivity contribution < 1.29 is 42.1 Å². The van der Waals surface area contributed by atoms with E-state index in [1.807, 2.05) is 21.1 Å². The SMILES string of the molecule is CC/C=C\C/C=C\C/C=C\C/C=C\C/C=C\C/C=C\C/C=C\CCCCCCCCCCCCCCCC(=O)OC(COC(=O)CCCCCCCCCCCCCCCCCCCCCCCCCCCCCCCCCCCCC)COP(=O)(O)OCC[N+](C)(C)C. The van der Waals surface area contributed by atoms with Crippen LogP contribution in [-0.2, 0) is 32.7 Å². The largest absolute Gasteiger partial charge is 0.472 e. The number of phosphoric ester groups is 1. The zero-order valence-corrected chi connectivity index (χ0v) is 63.6. The summed E-state index contributed by atoms with van der Waals surface area (Å²) < 4.78 is 34.8. The first-order valence-electron chi connectivity index (χ1n) is 40.3. The van der Waals surface area contributed by atoms with Gasteiger partial charge >= 0.3 is 19.8 Å². The highest BCUT2D eigenvalue weighted by molar-refractivity contribution is 7.47. The highest BCUT2D eigenvalue weighted by atomic mass is 31.2. The third-order valence-corrected chi connectivity index (χ3v) is 18.9. The summed E-state index contributed by atoms with van der Waals surface area (Å²) in [5.74, 6) is -0.782. The van der Waals surface area contributed by atoms with Crippen molar-refractivity contribution >= 4 is 19.8 Å². The van der Waals surface area contributed by atoms with Gasteiger partial charge in [-0.25, -0.2) is 4.57 Å². The Morgan fingerprint density at radius 1 is 0.340 bits per heavy atom. The Morgan fingerprint density at radius 3 is 0.904 bits per heavy atom. The number of nitrogens with zero attached hydrogens (tertiary/aromatic N) is 1. The van der Waals surface area contributed by atoms with Crippen molar-refractivity contribution in [2.75, 3.05) is 47.5 Å². The predicted octanol–water partition coefficient (Wildman–Crippen LogP) is 26.8. The summed E-state index contributed by atoms with van der Waals surface area (Å²) >= 11 is 0. The number of hydrogen-bond donors (Lipinski definition) is 1. The Bertz CT molecular complexity index is 1860. The molecule has 2 unspecified atom stereocenters. The topological polar surface area (TPSA) is 108 Å². The number of carbonyl (C=O) groups excluding carboxylic acids is 2. The highest BCUT2D eigenvalue weighted by Crippen LogP contribution is 2.43. The first-order chi connectivity index (χ1) is 46.0. The van der Waals surface area contributed by atoms with Crippen LogP contribution in [0, 0.1) is 0 Å². The van der Waals surface area contributed by atoms with Crippen LogP contribution in [0.15, 0.2) is 85.1 Å². The van der Waals surface area contributed by atoms with Crippen LogP contribution in [0.1, 0.15) is 386 Å². The molecular weight excluding hydrogens is 1180 g/mol. The molecule has 0 aliphatic carbocycles. The lowest BCUT2D eigenvalue weighted by Gasteiger charge is -2.24. The standard InChI is InChI=1S/C84H154NO8P/c1-6-8-10-12-14-16-18-20-22-24-26-28-30-32-34-36-38-40-42-44-46-48-50-52-54-56-58-60-62-64-66-68-70-72-74-76-83(86)90-80-82(81-92-94(88,89)91-79-78-85(3,4)5)93-84(87)77-75-73-71-69-67-65-63-61-59-57-55-53-51-49-47-45-43-41-39-37-35-33-31-29-27-25-23-21-19-17-15-13-11-9-7-2/h9,11,15,17,21,23,27,29,33,35,39,41,45,47,82H,6-8,10,12-14,16,18-20,22,24-26,28,30-32,34,36-38,40,42-44,46,48-81H2,1-5H3/p+1/b11-9-,17-15-,23-21-,29-27-,35-33-,41-39-,47-45-. The summed E-state index contributed by atoms with van der Waals surface area (Å²) in [7, 11) is 1.49. The number of phosphoric acid groups is 1. The molecule has 0 heterocycles. The van der Waals surface area contributed by atoms with Gasteiger partial charge in [-0.2, -0.15) is 0 Å². The number of ether oxygens (including phenoxy) is 2. The smallest absolute Gasteiger partial charge is 0.462 e. The molecule has 1 N–H and O–H groups in total. The van der Waals surface area contributed by atoms with E-state index < -0.39 is 26.5 Å². The number of rotatable bonds is 75. The van der Waals surface area contributed by atoms with E-state index in [2.05, 4.69) is 98.9 Å². The van der Waals surface area contributed by atoms with Gasteiger partial charge in [0, 0.05) is 12.8 Å². The first kappa shape index (κ1) is 91.2. The maximum Gasteiger partial charge on any atom is 0.472 e. The molecule has 0 fully saturated rings. The van der Waals surface area contributed by atoms with E-state index in [-0.39, 0.29) is 25.6 Å². The van der Waals surface area contributed by atoms with Gasteiger partial charge in [0.25, 0.3) is 0 Å². The highest BCUT2D eigenvalue weighted by Gasteiger charge is 2.27. The molecule has 0 saturated heterocycles. The fourth-order valence-corrected chi connectivity index (χ4v) is 12.6. The van der Waals surface area contributed by atoms with E-state index in [0.717, 1.165) is 83.5 Å². The molecule has 0 rings (SSSR count). The molecule has 548 valence electrons. The van der Waals surface area contributed by atoms with E-state index in [1.54, 1.807) is 0 Å².